The fourth-order valence-corrected chi connectivity index (χ4v) is 2.18. The molecule has 78 valence electrons. The topological polar surface area (TPSA) is 36.9 Å². The molecule has 0 aliphatic carbocycles. The fourth-order valence-electron chi connectivity index (χ4n) is 1.91. The van der Waals surface area contributed by atoms with Crippen LogP contribution in [0, 0.1) is 11.7 Å². The first-order valence-corrected chi connectivity index (χ1v) is 5.52. The van der Waals surface area contributed by atoms with Gasteiger partial charge in [0.2, 0.25) is 0 Å². The Bertz CT molecular complexity index is 348. The highest BCUT2D eigenvalue weighted by molar-refractivity contribution is 7.71. The van der Waals surface area contributed by atoms with E-state index in [1.54, 1.807) is 0 Å². The number of likely N-dealkylation sites (tertiary alicyclic amines) is 1. The van der Waals surface area contributed by atoms with E-state index in [4.69, 9.17) is 12.2 Å². The van der Waals surface area contributed by atoms with Crippen molar-refractivity contribution in [3.8, 4) is 0 Å². The molecular formula is C9H16N4S. The molecule has 0 bridgehead atoms. The molecule has 5 heteroatoms. The van der Waals surface area contributed by atoms with Crippen molar-refractivity contribution in [2.75, 3.05) is 19.6 Å². The van der Waals surface area contributed by atoms with E-state index in [1.807, 2.05) is 6.92 Å². The maximum absolute atomic E-state index is 5.14. The molecule has 1 aromatic heterocycles. The molecule has 2 rings (SSSR count). The van der Waals surface area contributed by atoms with Crippen molar-refractivity contribution in [2.24, 2.45) is 0 Å². The lowest BCUT2D eigenvalue weighted by atomic mass is 10.4. The molecule has 0 amide bonds. The molecule has 14 heavy (non-hydrogen) atoms. The molecule has 1 fully saturated rings. The number of aromatic nitrogens is 3. The summed E-state index contributed by atoms with van der Waals surface area (Å²) in [6.45, 7) is 6.51. The Labute approximate surface area is 88.9 Å². The van der Waals surface area contributed by atoms with Gasteiger partial charge in [-0.3, -0.25) is 5.10 Å². The normalized spacial score (nSPS) is 17.8. The summed E-state index contributed by atoms with van der Waals surface area (Å²) in [5.74, 6) is 0.981. The quantitative estimate of drug-likeness (QED) is 0.768. The van der Waals surface area contributed by atoms with Crippen molar-refractivity contribution >= 4 is 12.2 Å². The number of aryl methyl sites for hydroxylation is 1. The van der Waals surface area contributed by atoms with Gasteiger partial charge >= 0.3 is 0 Å². The Kier molecular flexibility index (Phi) is 2.98. The molecule has 0 unspecified atom stereocenters. The van der Waals surface area contributed by atoms with E-state index >= 15 is 0 Å². The third-order valence-corrected chi connectivity index (χ3v) is 3.10. The largest absolute Gasteiger partial charge is 0.303 e. The molecule has 0 radical (unpaired) electrons. The maximum atomic E-state index is 5.14. The minimum Gasteiger partial charge on any atom is -0.303 e. The number of rotatable bonds is 3. The first-order chi connectivity index (χ1) is 6.77. The molecule has 0 saturated carbocycles. The van der Waals surface area contributed by atoms with Gasteiger partial charge in [-0.05, 0) is 45.1 Å². The Balaban J connectivity index is 1.94. The van der Waals surface area contributed by atoms with E-state index in [2.05, 4.69) is 19.7 Å². The average molecular weight is 212 g/mol. The van der Waals surface area contributed by atoms with E-state index in [1.165, 1.54) is 25.9 Å². The number of hydrogen-bond acceptors (Lipinski definition) is 3. The molecular weight excluding hydrogens is 196 g/mol. The predicted molar refractivity (Wildman–Crippen MR) is 57.8 cm³/mol. The van der Waals surface area contributed by atoms with Gasteiger partial charge in [0.1, 0.15) is 5.82 Å². The molecule has 4 nitrogen and oxygen atoms in total. The van der Waals surface area contributed by atoms with Gasteiger partial charge in [0, 0.05) is 13.1 Å². The summed E-state index contributed by atoms with van der Waals surface area (Å²) in [5, 5.41) is 6.90. The number of nitrogens with zero attached hydrogens (tertiary/aromatic N) is 3. The molecule has 0 aromatic carbocycles. The molecule has 1 aliphatic rings. The summed E-state index contributed by atoms with van der Waals surface area (Å²) in [6.07, 6.45) is 2.69. The van der Waals surface area contributed by atoms with E-state index in [0.29, 0.717) is 0 Å². The number of nitrogens with one attached hydrogen (secondary N) is 1. The van der Waals surface area contributed by atoms with Crippen molar-refractivity contribution < 1.29 is 0 Å². The molecule has 1 aromatic rings. The molecule has 1 aliphatic heterocycles. The summed E-state index contributed by atoms with van der Waals surface area (Å²) in [6, 6.07) is 0. The van der Waals surface area contributed by atoms with Gasteiger partial charge in [0.05, 0.1) is 0 Å². The van der Waals surface area contributed by atoms with E-state index in [0.717, 1.165) is 23.7 Å². The van der Waals surface area contributed by atoms with Crippen molar-refractivity contribution in [1.29, 1.82) is 0 Å². The van der Waals surface area contributed by atoms with Crippen LogP contribution in [-0.4, -0.2) is 39.3 Å². The maximum Gasteiger partial charge on any atom is 0.195 e. The summed E-state index contributed by atoms with van der Waals surface area (Å²) in [4.78, 5) is 2.48. The molecule has 2 heterocycles. The van der Waals surface area contributed by atoms with Crippen molar-refractivity contribution in [1.82, 2.24) is 19.7 Å². The summed E-state index contributed by atoms with van der Waals surface area (Å²) < 4.78 is 2.80. The highest BCUT2D eigenvalue weighted by atomic mass is 32.1. The second-order valence-corrected chi connectivity index (χ2v) is 4.16. The number of aromatic amines is 1. The molecule has 0 atom stereocenters. The zero-order chi connectivity index (χ0) is 9.97. The van der Waals surface area contributed by atoms with Crippen molar-refractivity contribution in [2.45, 2.75) is 26.3 Å². The SMILES string of the molecule is Cc1n[nH]c(=S)n1CCN1CCCC1. The lowest BCUT2D eigenvalue weighted by molar-refractivity contribution is 0.320. The van der Waals surface area contributed by atoms with Gasteiger partial charge in [-0.2, -0.15) is 5.10 Å². The number of hydrogen-bond donors (Lipinski definition) is 1. The minimum absolute atomic E-state index is 0.738. The number of H-pyrrole nitrogens is 1. The van der Waals surface area contributed by atoms with Gasteiger partial charge in [-0.1, -0.05) is 0 Å². The monoisotopic (exact) mass is 212 g/mol. The van der Waals surface area contributed by atoms with Gasteiger partial charge < -0.3 is 9.47 Å². The first kappa shape index (κ1) is 9.86. The predicted octanol–water partition coefficient (Wildman–Crippen LogP) is 1.34. The standard InChI is InChI=1S/C9H16N4S/c1-8-10-11-9(14)13(8)7-6-12-4-2-3-5-12/h2-7H2,1H3,(H,11,14). The van der Waals surface area contributed by atoms with Crippen molar-refractivity contribution in [3.63, 3.8) is 0 Å². The van der Waals surface area contributed by atoms with Gasteiger partial charge in [0.15, 0.2) is 4.77 Å². The second kappa shape index (κ2) is 4.23. The fraction of sp³-hybridized carbons (Fsp3) is 0.778. The van der Waals surface area contributed by atoms with Gasteiger partial charge in [0.25, 0.3) is 0 Å². The van der Waals surface area contributed by atoms with Gasteiger partial charge in [-0.15, -0.1) is 0 Å². The third kappa shape index (κ3) is 2.04. The van der Waals surface area contributed by atoms with Crippen LogP contribution >= 0.6 is 12.2 Å². The lowest BCUT2D eigenvalue weighted by Crippen LogP contribution is -2.24. The average Bonchev–Trinajstić information content (AvgIpc) is 2.76. The smallest absolute Gasteiger partial charge is 0.195 e. The van der Waals surface area contributed by atoms with Crippen molar-refractivity contribution in [3.05, 3.63) is 10.6 Å². The van der Waals surface area contributed by atoms with Crippen LogP contribution in [0.5, 0.6) is 0 Å². The van der Waals surface area contributed by atoms with Crippen LogP contribution in [0.3, 0.4) is 0 Å². The minimum atomic E-state index is 0.738. The third-order valence-electron chi connectivity index (χ3n) is 2.79. The zero-order valence-corrected chi connectivity index (χ0v) is 9.31. The second-order valence-electron chi connectivity index (χ2n) is 3.78. The van der Waals surface area contributed by atoms with Crippen LogP contribution < -0.4 is 0 Å². The van der Waals surface area contributed by atoms with Crippen LogP contribution in [-0.2, 0) is 6.54 Å². The van der Waals surface area contributed by atoms with Crippen LogP contribution in [0.25, 0.3) is 0 Å². The van der Waals surface area contributed by atoms with Crippen LogP contribution in [0.4, 0.5) is 0 Å². The highest BCUT2D eigenvalue weighted by Crippen LogP contribution is 2.07. The first-order valence-electron chi connectivity index (χ1n) is 5.11. The Hall–Kier alpha value is -0.680. The van der Waals surface area contributed by atoms with E-state index in [-0.39, 0.29) is 0 Å². The molecule has 1 N–H and O–H groups in total. The Morgan fingerprint density at radius 2 is 2.07 bits per heavy atom. The van der Waals surface area contributed by atoms with Gasteiger partial charge in [-0.25, -0.2) is 0 Å². The Morgan fingerprint density at radius 1 is 1.36 bits per heavy atom. The van der Waals surface area contributed by atoms with Crippen LogP contribution in [0.15, 0.2) is 0 Å². The van der Waals surface area contributed by atoms with E-state index < -0.39 is 0 Å². The Morgan fingerprint density at radius 3 is 2.64 bits per heavy atom. The zero-order valence-electron chi connectivity index (χ0n) is 8.49. The summed E-state index contributed by atoms with van der Waals surface area (Å²) in [5.41, 5.74) is 0. The van der Waals surface area contributed by atoms with Crippen LogP contribution in [0.2, 0.25) is 0 Å². The van der Waals surface area contributed by atoms with Crippen LogP contribution in [0.1, 0.15) is 18.7 Å². The lowest BCUT2D eigenvalue weighted by Gasteiger charge is -2.14. The molecule has 0 spiro atoms. The highest BCUT2D eigenvalue weighted by Gasteiger charge is 2.11. The van der Waals surface area contributed by atoms with E-state index in [9.17, 15) is 0 Å². The summed E-state index contributed by atoms with van der Waals surface area (Å²) in [7, 11) is 0. The summed E-state index contributed by atoms with van der Waals surface area (Å²) >= 11 is 5.14. The molecule has 1 saturated heterocycles.